The molecule has 0 radical (unpaired) electrons. The van der Waals surface area contributed by atoms with Gasteiger partial charge >= 0.3 is 0 Å². The van der Waals surface area contributed by atoms with Gasteiger partial charge in [-0.3, -0.25) is 19.0 Å². The predicted octanol–water partition coefficient (Wildman–Crippen LogP) is 4.31. The van der Waals surface area contributed by atoms with E-state index in [1.54, 1.807) is 53.6 Å². The van der Waals surface area contributed by atoms with Gasteiger partial charge in [0, 0.05) is 31.3 Å². The molecule has 0 fully saturated rings. The number of nitrogens with zero attached hydrogens (tertiary/aromatic N) is 3. The molecule has 0 saturated carbocycles. The number of fused-ring (bicyclic) bond motifs is 1. The first-order chi connectivity index (χ1) is 16.4. The Kier molecular flexibility index (Phi) is 6.54. The lowest BCUT2D eigenvalue weighted by Crippen LogP contribution is -2.27. The highest BCUT2D eigenvalue weighted by molar-refractivity contribution is 6.04. The van der Waals surface area contributed by atoms with E-state index in [9.17, 15) is 14.4 Å². The van der Waals surface area contributed by atoms with Gasteiger partial charge in [-0.05, 0) is 67.9 Å². The third-order valence-corrected chi connectivity index (χ3v) is 5.72. The Hall–Kier alpha value is -4.26. The van der Waals surface area contributed by atoms with Crippen LogP contribution in [0.3, 0.4) is 0 Å². The number of carbonyl (C=O) groups is 2. The summed E-state index contributed by atoms with van der Waals surface area (Å²) in [6.45, 7) is 6.36. The first kappa shape index (κ1) is 22.9. The highest BCUT2D eigenvalue weighted by Gasteiger charge is 2.12. The summed E-state index contributed by atoms with van der Waals surface area (Å²) < 4.78 is 1.54. The van der Waals surface area contributed by atoms with Crippen LogP contribution in [0.1, 0.15) is 35.6 Å². The summed E-state index contributed by atoms with van der Waals surface area (Å²) in [5.74, 6) is 0.320. The van der Waals surface area contributed by atoms with Crippen molar-refractivity contribution in [2.45, 2.75) is 27.3 Å². The summed E-state index contributed by atoms with van der Waals surface area (Å²) >= 11 is 0. The minimum absolute atomic E-state index is 0.00739. The van der Waals surface area contributed by atoms with E-state index in [0.29, 0.717) is 46.8 Å². The summed E-state index contributed by atoms with van der Waals surface area (Å²) in [5, 5.41) is 3.44. The van der Waals surface area contributed by atoms with Crippen LogP contribution in [0.25, 0.3) is 16.6 Å². The van der Waals surface area contributed by atoms with E-state index in [4.69, 9.17) is 0 Å². The van der Waals surface area contributed by atoms with Gasteiger partial charge in [0.15, 0.2) is 0 Å². The predicted molar refractivity (Wildman–Crippen MR) is 133 cm³/mol. The average Bonchev–Trinajstić information content (AvgIpc) is 2.83. The molecule has 0 bridgehead atoms. The van der Waals surface area contributed by atoms with Crippen molar-refractivity contribution in [2.24, 2.45) is 0 Å². The van der Waals surface area contributed by atoms with Crippen molar-refractivity contribution in [1.82, 2.24) is 14.5 Å². The van der Waals surface area contributed by atoms with Crippen molar-refractivity contribution in [1.29, 1.82) is 0 Å². The van der Waals surface area contributed by atoms with E-state index in [0.717, 1.165) is 5.56 Å². The fourth-order valence-corrected chi connectivity index (χ4v) is 3.93. The summed E-state index contributed by atoms with van der Waals surface area (Å²) in [6.07, 6.45) is 0. The highest BCUT2D eigenvalue weighted by atomic mass is 16.2. The van der Waals surface area contributed by atoms with Gasteiger partial charge in [-0.25, -0.2) is 4.98 Å². The Labute approximate surface area is 197 Å². The summed E-state index contributed by atoms with van der Waals surface area (Å²) in [6, 6.07) is 21.5. The molecule has 34 heavy (non-hydrogen) atoms. The maximum absolute atomic E-state index is 13.0. The van der Waals surface area contributed by atoms with Crippen LogP contribution in [0.2, 0.25) is 0 Å². The molecule has 7 nitrogen and oxygen atoms in total. The number of hydrogen-bond donors (Lipinski definition) is 1. The number of anilines is 1. The Bertz CT molecular complexity index is 1420. The van der Waals surface area contributed by atoms with Gasteiger partial charge in [0.25, 0.3) is 11.5 Å². The number of aromatic nitrogens is 2. The monoisotopic (exact) mass is 454 g/mol. The van der Waals surface area contributed by atoms with Gasteiger partial charge in [0.1, 0.15) is 5.82 Å². The molecule has 0 atom stereocenters. The van der Waals surface area contributed by atoms with Gasteiger partial charge in [0.05, 0.1) is 16.6 Å². The molecule has 1 N–H and O–H groups in total. The van der Waals surface area contributed by atoms with Gasteiger partial charge < -0.3 is 10.2 Å². The van der Waals surface area contributed by atoms with Crippen molar-refractivity contribution in [3.63, 3.8) is 0 Å². The van der Waals surface area contributed by atoms with E-state index >= 15 is 0 Å². The van der Waals surface area contributed by atoms with Crippen molar-refractivity contribution in [2.75, 3.05) is 11.9 Å². The molecule has 0 aliphatic rings. The maximum atomic E-state index is 13.0. The van der Waals surface area contributed by atoms with Crippen molar-refractivity contribution >= 4 is 28.4 Å². The standard InChI is InChI=1S/C27H26N4O3/c1-4-30(19(3)32)17-20-8-7-9-22(16-20)29-26(33)21-12-14-23(15-13-21)31-18(2)28-25-11-6-5-10-24(25)27(31)34/h5-16H,4,17H2,1-3H3,(H,29,33). The topological polar surface area (TPSA) is 84.3 Å². The lowest BCUT2D eigenvalue weighted by atomic mass is 10.1. The molecule has 172 valence electrons. The first-order valence-electron chi connectivity index (χ1n) is 11.1. The SMILES string of the molecule is CCN(Cc1cccc(NC(=O)c2ccc(-n3c(C)nc4ccccc4c3=O)cc2)c1)C(C)=O. The fraction of sp³-hybridized carbons (Fsp3) is 0.185. The molecule has 4 aromatic rings. The molecular formula is C27H26N4O3. The number of aryl methyl sites for hydroxylation is 1. The largest absolute Gasteiger partial charge is 0.339 e. The number of benzene rings is 3. The van der Waals surface area contributed by atoms with Gasteiger partial charge in [-0.15, -0.1) is 0 Å². The molecule has 1 heterocycles. The number of nitrogens with one attached hydrogen (secondary N) is 1. The minimum Gasteiger partial charge on any atom is -0.339 e. The van der Waals surface area contributed by atoms with Crippen LogP contribution in [-0.4, -0.2) is 32.8 Å². The molecule has 2 amide bonds. The number of carbonyl (C=O) groups excluding carboxylic acids is 2. The number of hydrogen-bond acceptors (Lipinski definition) is 4. The van der Waals surface area contributed by atoms with Crippen LogP contribution in [-0.2, 0) is 11.3 Å². The Balaban J connectivity index is 1.54. The van der Waals surface area contributed by atoms with E-state index in [1.165, 1.54) is 0 Å². The first-order valence-corrected chi connectivity index (χ1v) is 11.1. The smallest absolute Gasteiger partial charge is 0.265 e. The second-order valence-electron chi connectivity index (χ2n) is 8.05. The molecule has 0 spiro atoms. The molecule has 0 saturated heterocycles. The molecule has 4 rings (SSSR count). The average molecular weight is 455 g/mol. The number of rotatable bonds is 6. The highest BCUT2D eigenvalue weighted by Crippen LogP contribution is 2.17. The third-order valence-electron chi connectivity index (χ3n) is 5.72. The van der Waals surface area contributed by atoms with Crippen LogP contribution in [0.5, 0.6) is 0 Å². The maximum Gasteiger partial charge on any atom is 0.265 e. The van der Waals surface area contributed by atoms with Crippen LogP contribution in [0.15, 0.2) is 77.6 Å². The Morgan fingerprint density at radius 1 is 1.00 bits per heavy atom. The number of para-hydroxylation sites is 1. The van der Waals surface area contributed by atoms with Crippen LogP contribution in [0, 0.1) is 6.92 Å². The summed E-state index contributed by atoms with van der Waals surface area (Å²) in [7, 11) is 0. The Morgan fingerprint density at radius 2 is 1.74 bits per heavy atom. The van der Waals surface area contributed by atoms with Gasteiger partial charge in [0.2, 0.25) is 5.91 Å². The third kappa shape index (κ3) is 4.73. The second kappa shape index (κ2) is 9.70. The minimum atomic E-state index is -0.261. The van der Waals surface area contributed by atoms with Crippen LogP contribution in [0.4, 0.5) is 5.69 Å². The zero-order chi connectivity index (χ0) is 24.2. The van der Waals surface area contributed by atoms with E-state index < -0.39 is 0 Å². The van der Waals surface area contributed by atoms with Gasteiger partial charge in [-0.1, -0.05) is 24.3 Å². The molecular weight excluding hydrogens is 428 g/mol. The van der Waals surface area contributed by atoms with Crippen LogP contribution >= 0.6 is 0 Å². The van der Waals surface area contributed by atoms with Gasteiger partial charge in [-0.2, -0.15) is 0 Å². The van der Waals surface area contributed by atoms with Crippen molar-refractivity contribution < 1.29 is 9.59 Å². The zero-order valence-corrected chi connectivity index (χ0v) is 19.4. The van der Waals surface area contributed by atoms with Crippen molar-refractivity contribution in [3.8, 4) is 5.69 Å². The van der Waals surface area contributed by atoms with E-state index in [1.807, 2.05) is 49.4 Å². The molecule has 0 aliphatic carbocycles. The van der Waals surface area contributed by atoms with Crippen LogP contribution < -0.4 is 10.9 Å². The lowest BCUT2D eigenvalue weighted by Gasteiger charge is -2.19. The molecule has 0 unspecified atom stereocenters. The van der Waals surface area contributed by atoms with E-state index in [2.05, 4.69) is 10.3 Å². The lowest BCUT2D eigenvalue weighted by molar-refractivity contribution is -0.129. The zero-order valence-electron chi connectivity index (χ0n) is 19.4. The fourth-order valence-electron chi connectivity index (χ4n) is 3.93. The molecule has 3 aromatic carbocycles. The molecule has 0 aliphatic heterocycles. The normalized spacial score (nSPS) is 10.8. The summed E-state index contributed by atoms with van der Waals surface area (Å²) in [5.41, 5.74) is 3.20. The number of amides is 2. The second-order valence-corrected chi connectivity index (χ2v) is 8.05. The molecule has 7 heteroatoms. The van der Waals surface area contributed by atoms with Crippen molar-refractivity contribution in [3.05, 3.63) is 100 Å². The van der Waals surface area contributed by atoms with E-state index in [-0.39, 0.29) is 17.4 Å². The quantitative estimate of drug-likeness (QED) is 0.470. The summed E-state index contributed by atoms with van der Waals surface area (Å²) in [4.78, 5) is 43.8. The Morgan fingerprint density at radius 3 is 2.44 bits per heavy atom. The molecule has 1 aromatic heterocycles.